The average molecular weight is 445 g/mol. The molecule has 0 bridgehead atoms. The third-order valence-corrected chi connectivity index (χ3v) is 6.34. The first-order valence-corrected chi connectivity index (χ1v) is 11.2. The summed E-state index contributed by atoms with van der Waals surface area (Å²) >= 11 is 3.95. The second-order valence-electron chi connectivity index (χ2n) is 8.05. The lowest BCUT2D eigenvalue weighted by molar-refractivity contribution is -0.143. The predicted molar refractivity (Wildman–Crippen MR) is 117 cm³/mol. The summed E-state index contributed by atoms with van der Waals surface area (Å²) in [6.45, 7) is 7.98. The molecule has 1 aliphatic rings. The van der Waals surface area contributed by atoms with Crippen molar-refractivity contribution in [3.63, 3.8) is 0 Å². The molecule has 10 heteroatoms. The lowest BCUT2D eigenvalue weighted by Crippen LogP contribution is -2.58. The molecule has 9 nitrogen and oxygen atoms in total. The maximum Gasteiger partial charge on any atom is 0.327 e. The highest BCUT2D eigenvalue weighted by atomic mass is 32.1. The molecule has 6 unspecified atom stereocenters. The van der Waals surface area contributed by atoms with E-state index in [-0.39, 0.29) is 23.5 Å². The molecule has 0 radical (unpaired) electrons. The zero-order valence-corrected chi connectivity index (χ0v) is 19.2. The second-order valence-corrected chi connectivity index (χ2v) is 8.42. The van der Waals surface area contributed by atoms with Crippen LogP contribution in [-0.2, 0) is 19.2 Å². The molecule has 6 atom stereocenters. The van der Waals surface area contributed by atoms with Gasteiger partial charge in [0.15, 0.2) is 0 Å². The topological polar surface area (TPSA) is 142 Å². The lowest BCUT2D eigenvalue weighted by Gasteiger charge is -2.31. The normalized spacial score (nSPS) is 21.3. The van der Waals surface area contributed by atoms with Gasteiger partial charge in [-0.15, -0.1) is 0 Å². The van der Waals surface area contributed by atoms with Gasteiger partial charge in [0, 0.05) is 12.3 Å². The highest BCUT2D eigenvalue weighted by molar-refractivity contribution is 7.80. The monoisotopic (exact) mass is 444 g/mol. The van der Waals surface area contributed by atoms with Crippen molar-refractivity contribution in [2.75, 3.05) is 12.3 Å². The Hall–Kier alpha value is -1.81. The molecule has 5 N–H and O–H groups in total. The minimum absolute atomic E-state index is 0.00497. The van der Waals surface area contributed by atoms with E-state index < -0.39 is 42.0 Å². The number of carbonyl (C=O) groups is 4. The van der Waals surface area contributed by atoms with Crippen LogP contribution in [0.5, 0.6) is 0 Å². The maximum absolute atomic E-state index is 13.0. The number of aliphatic carboxylic acids is 1. The average Bonchev–Trinajstić information content (AvgIpc) is 3.22. The summed E-state index contributed by atoms with van der Waals surface area (Å²) in [5.74, 6) is -2.75. The van der Waals surface area contributed by atoms with Gasteiger partial charge in [0.2, 0.25) is 17.7 Å². The molecule has 172 valence electrons. The van der Waals surface area contributed by atoms with Gasteiger partial charge in [-0.2, -0.15) is 12.6 Å². The van der Waals surface area contributed by atoms with Crippen LogP contribution in [0.25, 0.3) is 0 Å². The standard InChI is InChI=1S/C20H36N4O5S/c1-5-11(3)15(21)19(27)24-9-7-8-14(24)17(25)23-16(12(4)6-2)18(26)22-13(10-30)20(28)29/h11-16,30H,5-10,21H2,1-4H3,(H,22,26)(H,23,25)(H,28,29). The summed E-state index contributed by atoms with van der Waals surface area (Å²) in [5, 5.41) is 14.3. The number of likely N-dealkylation sites (tertiary alicyclic amines) is 1. The first kappa shape index (κ1) is 26.2. The van der Waals surface area contributed by atoms with Crippen molar-refractivity contribution < 1.29 is 24.3 Å². The molecule has 1 aliphatic heterocycles. The molecule has 1 fully saturated rings. The van der Waals surface area contributed by atoms with Crippen LogP contribution in [0.2, 0.25) is 0 Å². The van der Waals surface area contributed by atoms with E-state index in [0.717, 1.165) is 6.42 Å². The van der Waals surface area contributed by atoms with Gasteiger partial charge in [0.1, 0.15) is 18.1 Å². The Balaban J connectivity index is 2.93. The third-order valence-electron chi connectivity index (χ3n) is 5.97. The van der Waals surface area contributed by atoms with Gasteiger partial charge in [-0.3, -0.25) is 14.4 Å². The van der Waals surface area contributed by atoms with Crippen molar-refractivity contribution in [3.05, 3.63) is 0 Å². The van der Waals surface area contributed by atoms with E-state index in [1.807, 2.05) is 20.8 Å². The highest BCUT2D eigenvalue weighted by Gasteiger charge is 2.39. The zero-order chi connectivity index (χ0) is 23.0. The summed E-state index contributed by atoms with van der Waals surface area (Å²) in [4.78, 5) is 51.2. The molecule has 1 rings (SSSR count). The number of thiol groups is 1. The van der Waals surface area contributed by atoms with Crippen molar-refractivity contribution in [2.24, 2.45) is 17.6 Å². The largest absolute Gasteiger partial charge is 0.480 e. The minimum Gasteiger partial charge on any atom is -0.480 e. The van der Waals surface area contributed by atoms with Crippen LogP contribution in [0.1, 0.15) is 53.4 Å². The quantitative estimate of drug-likeness (QED) is 0.292. The first-order valence-electron chi connectivity index (χ1n) is 10.6. The Morgan fingerprint density at radius 2 is 1.73 bits per heavy atom. The number of rotatable bonds is 11. The van der Waals surface area contributed by atoms with E-state index in [9.17, 15) is 19.2 Å². The molecule has 3 amide bonds. The van der Waals surface area contributed by atoms with Gasteiger partial charge in [0.25, 0.3) is 0 Å². The third kappa shape index (κ3) is 6.60. The lowest BCUT2D eigenvalue weighted by atomic mass is 9.97. The molecular weight excluding hydrogens is 408 g/mol. The molecule has 1 saturated heterocycles. The van der Waals surface area contributed by atoms with E-state index >= 15 is 0 Å². The smallest absolute Gasteiger partial charge is 0.327 e. The van der Waals surface area contributed by atoms with Gasteiger partial charge in [-0.05, 0) is 24.7 Å². The molecule has 0 aromatic heterocycles. The van der Waals surface area contributed by atoms with Crippen LogP contribution in [0.4, 0.5) is 0 Å². The number of hydrogen-bond donors (Lipinski definition) is 5. The van der Waals surface area contributed by atoms with Crippen LogP contribution < -0.4 is 16.4 Å². The fourth-order valence-corrected chi connectivity index (χ4v) is 3.64. The molecule has 1 heterocycles. The molecule has 0 spiro atoms. The van der Waals surface area contributed by atoms with Crippen molar-refractivity contribution in [3.8, 4) is 0 Å². The Morgan fingerprint density at radius 1 is 1.13 bits per heavy atom. The number of carbonyl (C=O) groups excluding carboxylic acids is 3. The summed E-state index contributed by atoms with van der Waals surface area (Å²) in [6.07, 6.45) is 2.53. The number of carboxylic acid groups (broad SMARTS) is 1. The number of nitrogens with one attached hydrogen (secondary N) is 2. The molecule has 0 aromatic carbocycles. The molecule has 30 heavy (non-hydrogen) atoms. The van der Waals surface area contributed by atoms with Crippen molar-refractivity contribution in [1.29, 1.82) is 0 Å². The first-order chi connectivity index (χ1) is 14.1. The van der Waals surface area contributed by atoms with Crippen molar-refractivity contribution >= 4 is 36.3 Å². The minimum atomic E-state index is -1.20. The van der Waals surface area contributed by atoms with E-state index in [1.54, 1.807) is 6.92 Å². The Labute approximate surface area is 183 Å². The van der Waals surface area contributed by atoms with Gasteiger partial charge in [0.05, 0.1) is 6.04 Å². The number of amides is 3. The summed E-state index contributed by atoms with van der Waals surface area (Å²) in [6, 6.07) is -3.43. The van der Waals surface area contributed by atoms with Crippen LogP contribution >= 0.6 is 12.6 Å². The summed E-state index contributed by atoms with van der Waals surface area (Å²) < 4.78 is 0. The van der Waals surface area contributed by atoms with Crippen molar-refractivity contribution in [1.82, 2.24) is 15.5 Å². The van der Waals surface area contributed by atoms with Crippen LogP contribution in [-0.4, -0.2) is 70.2 Å². The molecule has 0 aromatic rings. The van der Waals surface area contributed by atoms with Gasteiger partial charge < -0.3 is 26.4 Å². The summed E-state index contributed by atoms with van der Waals surface area (Å²) in [7, 11) is 0. The van der Waals surface area contributed by atoms with Gasteiger partial charge in [-0.1, -0.05) is 40.5 Å². The highest BCUT2D eigenvalue weighted by Crippen LogP contribution is 2.21. The Kier molecular flexibility index (Phi) is 10.6. The van der Waals surface area contributed by atoms with E-state index in [2.05, 4.69) is 23.3 Å². The Morgan fingerprint density at radius 3 is 2.23 bits per heavy atom. The number of nitrogens with two attached hydrogens (primary N) is 1. The SMILES string of the molecule is CCC(C)C(N)C(=O)N1CCCC1C(=O)NC(C(=O)NC(CS)C(=O)O)C(C)CC. The van der Waals surface area contributed by atoms with Crippen LogP contribution in [0.3, 0.4) is 0 Å². The fourth-order valence-electron chi connectivity index (χ4n) is 3.39. The maximum atomic E-state index is 13.0. The Bertz CT molecular complexity index is 632. The van der Waals surface area contributed by atoms with E-state index in [1.165, 1.54) is 4.90 Å². The predicted octanol–water partition coefficient (Wildman–Crippen LogP) is 0.381. The second kappa shape index (κ2) is 12.1. The summed E-state index contributed by atoms with van der Waals surface area (Å²) in [5.41, 5.74) is 6.08. The molecule has 0 aliphatic carbocycles. The molecular formula is C20H36N4O5S. The molecule has 0 saturated carbocycles. The van der Waals surface area contributed by atoms with Crippen molar-refractivity contribution in [2.45, 2.75) is 77.5 Å². The van der Waals surface area contributed by atoms with E-state index in [4.69, 9.17) is 10.8 Å². The van der Waals surface area contributed by atoms with Crippen LogP contribution in [0, 0.1) is 11.8 Å². The number of nitrogens with zero attached hydrogens (tertiary/aromatic N) is 1. The van der Waals surface area contributed by atoms with Gasteiger partial charge >= 0.3 is 5.97 Å². The van der Waals surface area contributed by atoms with E-state index in [0.29, 0.717) is 25.8 Å². The zero-order valence-electron chi connectivity index (χ0n) is 18.3. The fraction of sp³-hybridized carbons (Fsp3) is 0.800. The number of hydrogen-bond acceptors (Lipinski definition) is 6. The van der Waals surface area contributed by atoms with Gasteiger partial charge in [-0.25, -0.2) is 4.79 Å². The van der Waals surface area contributed by atoms with Crippen LogP contribution in [0.15, 0.2) is 0 Å². The number of carboxylic acids is 1.